The molecule has 0 bridgehead atoms. The van der Waals surface area contributed by atoms with E-state index in [-0.39, 0.29) is 21.0 Å². The Morgan fingerprint density at radius 2 is 1.53 bits per heavy atom. The second kappa shape index (κ2) is 8.02. The van der Waals surface area contributed by atoms with Crippen molar-refractivity contribution < 1.29 is 49.0 Å². The van der Waals surface area contributed by atoms with Gasteiger partial charge in [0.05, 0.1) is 29.8 Å². The van der Waals surface area contributed by atoms with E-state index < -0.39 is 66.1 Å². The van der Waals surface area contributed by atoms with Crippen LogP contribution in [0.4, 0.5) is 44.3 Å². The number of aromatic amines is 1. The SMILES string of the molecule is Cc1[nH]c(CN2CC(c3cc(C(F)(F)F)cc(C(F)(F)F)c3)OC2=O)c(C(F)(F)F)c1I. The van der Waals surface area contributed by atoms with Crippen LogP contribution in [0.5, 0.6) is 0 Å². The summed E-state index contributed by atoms with van der Waals surface area (Å²) in [6.45, 7) is 0.218. The molecular weight excluding hydrogens is 574 g/mol. The van der Waals surface area contributed by atoms with E-state index >= 15 is 0 Å². The molecule has 1 fully saturated rings. The number of nitrogens with zero attached hydrogens (tertiary/aromatic N) is 1. The predicted molar refractivity (Wildman–Crippen MR) is 99.3 cm³/mol. The van der Waals surface area contributed by atoms with Gasteiger partial charge in [-0.25, -0.2) is 4.79 Å². The molecule has 32 heavy (non-hydrogen) atoms. The minimum Gasteiger partial charge on any atom is -0.439 e. The first-order valence-electron chi connectivity index (χ1n) is 8.67. The van der Waals surface area contributed by atoms with Crippen LogP contribution in [0.2, 0.25) is 0 Å². The minimum atomic E-state index is -5.10. The van der Waals surface area contributed by atoms with Crippen LogP contribution in [-0.2, 0) is 29.8 Å². The van der Waals surface area contributed by atoms with E-state index in [0.717, 1.165) is 4.90 Å². The van der Waals surface area contributed by atoms with Gasteiger partial charge in [-0.1, -0.05) is 0 Å². The minimum absolute atomic E-state index is 0.0721. The molecule has 0 saturated carbocycles. The molecule has 1 unspecified atom stereocenters. The third-order valence-corrected chi connectivity index (χ3v) is 6.04. The first-order valence-corrected chi connectivity index (χ1v) is 9.75. The van der Waals surface area contributed by atoms with E-state index in [1.54, 1.807) is 0 Å². The summed E-state index contributed by atoms with van der Waals surface area (Å²) in [5, 5.41) is 0. The maximum atomic E-state index is 13.4. The van der Waals surface area contributed by atoms with Crippen molar-refractivity contribution in [1.82, 2.24) is 9.88 Å². The van der Waals surface area contributed by atoms with Gasteiger partial charge in [0.15, 0.2) is 0 Å². The number of hydrogen-bond acceptors (Lipinski definition) is 2. The van der Waals surface area contributed by atoms with E-state index in [9.17, 15) is 44.3 Å². The monoisotopic (exact) mass is 586 g/mol. The Labute approximate surface area is 187 Å². The lowest BCUT2D eigenvalue weighted by Gasteiger charge is -2.17. The summed E-state index contributed by atoms with van der Waals surface area (Å²) in [6.07, 6.45) is -17.6. The summed E-state index contributed by atoms with van der Waals surface area (Å²) in [7, 11) is 0. The molecule has 1 saturated heterocycles. The highest BCUT2D eigenvalue weighted by molar-refractivity contribution is 14.1. The van der Waals surface area contributed by atoms with E-state index in [0.29, 0.717) is 12.1 Å². The number of amides is 1. The number of aromatic nitrogens is 1. The molecule has 1 N–H and O–H groups in total. The molecule has 14 heteroatoms. The summed E-state index contributed by atoms with van der Waals surface area (Å²) in [4.78, 5) is 15.4. The quantitative estimate of drug-likeness (QED) is 0.323. The Bertz CT molecular complexity index is 1010. The normalized spacial score (nSPS) is 17.8. The molecule has 0 spiro atoms. The summed E-state index contributed by atoms with van der Waals surface area (Å²) in [6, 6.07) is 0.760. The van der Waals surface area contributed by atoms with Crippen molar-refractivity contribution in [3.63, 3.8) is 0 Å². The van der Waals surface area contributed by atoms with Crippen LogP contribution in [0, 0.1) is 10.5 Å². The van der Waals surface area contributed by atoms with Gasteiger partial charge in [-0.05, 0) is 53.3 Å². The highest BCUT2D eigenvalue weighted by Crippen LogP contribution is 2.41. The molecule has 1 aromatic carbocycles. The zero-order valence-electron chi connectivity index (χ0n) is 15.8. The average Bonchev–Trinajstić information content (AvgIpc) is 3.12. The zero-order chi connectivity index (χ0) is 24.2. The largest absolute Gasteiger partial charge is 0.439 e. The van der Waals surface area contributed by atoms with Crippen molar-refractivity contribution in [3.8, 4) is 0 Å². The molecule has 1 aromatic heterocycles. The Balaban J connectivity index is 1.93. The summed E-state index contributed by atoms with van der Waals surface area (Å²) in [5.41, 5.74) is -4.96. The van der Waals surface area contributed by atoms with Gasteiger partial charge in [0.25, 0.3) is 0 Å². The van der Waals surface area contributed by atoms with Crippen LogP contribution in [0.15, 0.2) is 18.2 Å². The average molecular weight is 586 g/mol. The second-order valence-electron chi connectivity index (χ2n) is 7.01. The number of halogens is 10. The molecule has 1 aliphatic heterocycles. The lowest BCUT2D eigenvalue weighted by atomic mass is 10.0. The second-order valence-corrected chi connectivity index (χ2v) is 8.09. The number of alkyl halides is 9. The number of hydrogen-bond donors (Lipinski definition) is 1. The Morgan fingerprint density at radius 1 is 1.00 bits per heavy atom. The van der Waals surface area contributed by atoms with Crippen molar-refractivity contribution in [2.24, 2.45) is 0 Å². The van der Waals surface area contributed by atoms with Gasteiger partial charge in [-0.3, -0.25) is 4.90 Å². The summed E-state index contributed by atoms with van der Waals surface area (Å²) >= 11 is 1.48. The van der Waals surface area contributed by atoms with E-state index in [1.807, 2.05) is 0 Å². The van der Waals surface area contributed by atoms with Crippen LogP contribution >= 0.6 is 22.6 Å². The van der Waals surface area contributed by atoms with Crippen molar-refractivity contribution >= 4 is 28.7 Å². The van der Waals surface area contributed by atoms with Gasteiger partial charge in [0.2, 0.25) is 0 Å². The number of carbonyl (C=O) groups excluding carboxylic acids is 1. The predicted octanol–water partition coefficient (Wildman–Crippen LogP) is 6.68. The molecule has 176 valence electrons. The number of rotatable bonds is 3. The fraction of sp³-hybridized carbons (Fsp3) is 0.389. The smallest absolute Gasteiger partial charge is 0.419 e. The lowest BCUT2D eigenvalue weighted by Crippen LogP contribution is -2.25. The zero-order valence-corrected chi connectivity index (χ0v) is 17.9. The van der Waals surface area contributed by atoms with Crippen LogP contribution < -0.4 is 0 Å². The Kier molecular flexibility index (Phi) is 6.14. The molecule has 1 atom stereocenters. The van der Waals surface area contributed by atoms with Crippen molar-refractivity contribution in [2.45, 2.75) is 38.1 Å². The molecular formula is C18H12F9IN2O2. The van der Waals surface area contributed by atoms with E-state index in [1.165, 1.54) is 29.5 Å². The van der Waals surface area contributed by atoms with Gasteiger partial charge in [0.1, 0.15) is 6.10 Å². The summed E-state index contributed by atoms with van der Waals surface area (Å²) in [5.74, 6) is 0. The number of benzene rings is 1. The van der Waals surface area contributed by atoms with Crippen molar-refractivity contribution in [1.29, 1.82) is 0 Å². The number of ether oxygens (including phenoxy) is 1. The number of carbonyl (C=O) groups is 1. The fourth-order valence-electron chi connectivity index (χ4n) is 3.24. The van der Waals surface area contributed by atoms with Gasteiger partial charge < -0.3 is 9.72 Å². The molecule has 2 aromatic rings. The molecule has 0 aliphatic carbocycles. The lowest BCUT2D eigenvalue weighted by molar-refractivity contribution is -0.143. The standard InChI is InChI=1S/C18H12F9IN2O2/c1-7-14(28)13(18(25,26)27)11(29-7)5-30-6-12(32-15(30)31)8-2-9(16(19,20)21)4-10(3-8)17(22,23)24/h2-4,12,29H,5-6H2,1H3. The first-order chi connectivity index (χ1) is 14.5. The van der Waals surface area contributed by atoms with Gasteiger partial charge in [-0.2, -0.15) is 39.5 Å². The third-order valence-electron chi connectivity index (χ3n) is 4.69. The molecule has 1 aliphatic rings. The third kappa shape index (κ3) is 4.93. The van der Waals surface area contributed by atoms with Crippen molar-refractivity contribution in [2.75, 3.05) is 6.54 Å². The van der Waals surface area contributed by atoms with Gasteiger partial charge >= 0.3 is 24.6 Å². The van der Waals surface area contributed by atoms with Gasteiger partial charge in [-0.15, -0.1) is 0 Å². The number of H-pyrrole nitrogens is 1. The summed E-state index contributed by atoms with van der Waals surface area (Å²) < 4.78 is 123. The highest BCUT2D eigenvalue weighted by Gasteiger charge is 2.42. The van der Waals surface area contributed by atoms with Crippen LogP contribution in [0.3, 0.4) is 0 Å². The van der Waals surface area contributed by atoms with Crippen molar-refractivity contribution in [3.05, 3.63) is 55.4 Å². The first kappa shape index (κ1) is 24.5. The van der Waals surface area contributed by atoms with Crippen LogP contribution in [-0.4, -0.2) is 22.5 Å². The van der Waals surface area contributed by atoms with Gasteiger partial charge in [0, 0.05) is 15.0 Å². The number of cyclic esters (lactones) is 1. The van der Waals surface area contributed by atoms with Crippen LogP contribution in [0.25, 0.3) is 0 Å². The van der Waals surface area contributed by atoms with E-state index in [2.05, 4.69) is 4.98 Å². The molecule has 3 rings (SSSR count). The Morgan fingerprint density at radius 3 is 2.00 bits per heavy atom. The fourth-order valence-corrected chi connectivity index (χ4v) is 4.01. The maximum absolute atomic E-state index is 13.4. The molecule has 0 radical (unpaired) electrons. The maximum Gasteiger partial charge on any atom is 0.419 e. The molecule has 4 nitrogen and oxygen atoms in total. The highest BCUT2D eigenvalue weighted by atomic mass is 127. The molecule has 2 heterocycles. The van der Waals surface area contributed by atoms with E-state index in [4.69, 9.17) is 4.74 Å². The Hall–Kier alpha value is -2.13. The number of aryl methyl sites for hydroxylation is 1. The number of nitrogens with one attached hydrogen (secondary N) is 1. The molecule has 1 amide bonds. The van der Waals surface area contributed by atoms with Crippen LogP contribution in [0.1, 0.15) is 39.7 Å². The topological polar surface area (TPSA) is 45.3 Å².